The van der Waals surface area contributed by atoms with Gasteiger partial charge in [0.15, 0.2) is 11.5 Å². The molecule has 0 fully saturated rings. The van der Waals surface area contributed by atoms with Crippen molar-refractivity contribution >= 4 is 23.5 Å². The molecule has 0 aliphatic rings. The predicted octanol–water partition coefficient (Wildman–Crippen LogP) is 3.70. The maximum atomic E-state index is 12.0. The van der Waals surface area contributed by atoms with Crippen molar-refractivity contribution in [2.24, 2.45) is 5.10 Å². The normalized spacial score (nSPS) is 11.5. The van der Waals surface area contributed by atoms with E-state index in [2.05, 4.69) is 10.5 Å². The van der Waals surface area contributed by atoms with Crippen LogP contribution in [0.1, 0.15) is 36.0 Å². The second-order valence-corrected chi connectivity index (χ2v) is 6.84. The van der Waals surface area contributed by atoms with Crippen LogP contribution in [0.25, 0.3) is 0 Å². The Hall–Kier alpha value is -2.34. The number of thiophene rings is 1. The Balaban J connectivity index is 2.12. The molecule has 0 atom stereocenters. The summed E-state index contributed by atoms with van der Waals surface area (Å²) in [7, 11) is 1.53. The number of carbonyl (C=O) groups is 1. The minimum atomic E-state index is -0.394. The fourth-order valence-corrected chi connectivity index (χ4v) is 2.29. The van der Waals surface area contributed by atoms with E-state index in [1.54, 1.807) is 30.5 Å². The number of esters is 1. The monoisotopic (exact) mass is 332 g/mol. The summed E-state index contributed by atoms with van der Waals surface area (Å²) in [5, 5.41) is 6.01. The fourth-order valence-electron chi connectivity index (χ4n) is 1.69. The van der Waals surface area contributed by atoms with E-state index in [4.69, 9.17) is 9.47 Å². The Labute approximate surface area is 139 Å². The Morgan fingerprint density at radius 2 is 2.04 bits per heavy atom. The first-order chi connectivity index (χ1) is 10.9. The molecule has 1 N–H and O–H groups in total. The zero-order chi connectivity index (χ0) is 16.9. The van der Waals surface area contributed by atoms with Gasteiger partial charge in [0.25, 0.3) is 0 Å². The van der Waals surface area contributed by atoms with Crippen LogP contribution >= 0.6 is 11.3 Å². The molecule has 23 heavy (non-hydrogen) atoms. The van der Waals surface area contributed by atoms with Crippen molar-refractivity contribution < 1.29 is 14.3 Å². The molecule has 0 unspecified atom stereocenters. The van der Waals surface area contributed by atoms with Crippen molar-refractivity contribution in [2.75, 3.05) is 7.11 Å². The quantitative estimate of drug-likeness (QED) is 0.392. The number of nitrogens with one attached hydrogen (secondary N) is 1. The molecule has 0 spiro atoms. The van der Waals surface area contributed by atoms with Gasteiger partial charge in [0, 0.05) is 5.54 Å². The summed E-state index contributed by atoms with van der Waals surface area (Å²) in [4.78, 5) is 12.6. The van der Waals surface area contributed by atoms with Crippen molar-refractivity contribution in [3.8, 4) is 11.5 Å². The maximum absolute atomic E-state index is 12.0. The van der Waals surface area contributed by atoms with Crippen LogP contribution in [-0.4, -0.2) is 24.8 Å². The van der Waals surface area contributed by atoms with E-state index in [-0.39, 0.29) is 5.54 Å². The van der Waals surface area contributed by atoms with Crippen LogP contribution in [0.3, 0.4) is 0 Å². The number of hydrogen-bond acceptors (Lipinski definition) is 6. The molecule has 122 valence electrons. The first-order valence-electron chi connectivity index (χ1n) is 7.13. The number of rotatable bonds is 5. The summed E-state index contributed by atoms with van der Waals surface area (Å²) in [5.74, 6) is 0.468. The Kier molecular flexibility index (Phi) is 5.39. The molecule has 0 aliphatic heterocycles. The molecule has 1 aromatic heterocycles. The van der Waals surface area contributed by atoms with Gasteiger partial charge in [-0.3, -0.25) is 0 Å². The molecule has 1 heterocycles. The average molecular weight is 332 g/mol. The van der Waals surface area contributed by atoms with Gasteiger partial charge in [0.2, 0.25) is 0 Å². The molecule has 0 radical (unpaired) electrons. The van der Waals surface area contributed by atoms with Crippen LogP contribution < -0.4 is 14.9 Å². The first kappa shape index (κ1) is 17.0. The topological polar surface area (TPSA) is 59.9 Å². The van der Waals surface area contributed by atoms with Crippen LogP contribution in [0.15, 0.2) is 40.8 Å². The van der Waals surface area contributed by atoms with Gasteiger partial charge in [-0.1, -0.05) is 6.07 Å². The Morgan fingerprint density at radius 3 is 2.65 bits per heavy atom. The zero-order valence-electron chi connectivity index (χ0n) is 13.6. The number of hydrazone groups is 1. The molecule has 0 amide bonds. The van der Waals surface area contributed by atoms with Gasteiger partial charge in [0.05, 0.1) is 13.3 Å². The second kappa shape index (κ2) is 7.28. The highest BCUT2D eigenvalue weighted by Gasteiger charge is 2.13. The zero-order valence-corrected chi connectivity index (χ0v) is 14.4. The van der Waals surface area contributed by atoms with Gasteiger partial charge in [0.1, 0.15) is 4.88 Å². The van der Waals surface area contributed by atoms with E-state index in [0.717, 1.165) is 5.56 Å². The van der Waals surface area contributed by atoms with Crippen LogP contribution in [0.4, 0.5) is 0 Å². The highest BCUT2D eigenvalue weighted by atomic mass is 32.1. The molecule has 5 nitrogen and oxygen atoms in total. The van der Waals surface area contributed by atoms with Gasteiger partial charge in [-0.15, -0.1) is 11.3 Å². The molecule has 1 aromatic carbocycles. The van der Waals surface area contributed by atoms with Crippen LogP contribution in [0.5, 0.6) is 11.5 Å². The summed E-state index contributed by atoms with van der Waals surface area (Å²) in [6, 6.07) is 8.81. The summed E-state index contributed by atoms with van der Waals surface area (Å²) < 4.78 is 10.7. The molecule has 0 saturated heterocycles. The van der Waals surface area contributed by atoms with E-state index in [1.807, 2.05) is 32.2 Å². The molecule has 2 rings (SSSR count). The number of benzene rings is 1. The number of methoxy groups -OCH3 is 1. The van der Waals surface area contributed by atoms with Crippen LogP contribution in [0.2, 0.25) is 0 Å². The van der Waals surface area contributed by atoms with Crippen molar-refractivity contribution in [1.29, 1.82) is 0 Å². The summed E-state index contributed by atoms with van der Waals surface area (Å²) in [5.41, 5.74) is 3.76. The standard InChI is InChI=1S/C17H20N2O3S/c1-17(2,3)19-18-11-12-7-8-13(14(10-12)21-4)22-16(20)15-6-5-9-23-15/h5-11,19H,1-4H3. The van der Waals surface area contributed by atoms with E-state index < -0.39 is 5.97 Å². The minimum Gasteiger partial charge on any atom is -0.493 e. The summed E-state index contributed by atoms with van der Waals surface area (Å²) >= 11 is 1.34. The lowest BCUT2D eigenvalue weighted by Gasteiger charge is -2.17. The SMILES string of the molecule is COc1cc(C=NNC(C)(C)C)ccc1OC(=O)c1cccs1. The van der Waals surface area contributed by atoms with Crippen molar-refractivity contribution in [3.05, 3.63) is 46.2 Å². The fraction of sp³-hybridized carbons (Fsp3) is 0.294. The van der Waals surface area contributed by atoms with Crippen LogP contribution in [-0.2, 0) is 0 Å². The summed E-state index contributed by atoms with van der Waals surface area (Å²) in [6.45, 7) is 6.08. The van der Waals surface area contributed by atoms with E-state index >= 15 is 0 Å². The molecule has 0 bridgehead atoms. The van der Waals surface area contributed by atoms with Gasteiger partial charge >= 0.3 is 5.97 Å². The average Bonchev–Trinajstić information content (AvgIpc) is 3.01. The van der Waals surface area contributed by atoms with E-state index in [0.29, 0.717) is 16.4 Å². The van der Waals surface area contributed by atoms with Crippen molar-refractivity contribution in [2.45, 2.75) is 26.3 Å². The van der Waals surface area contributed by atoms with Gasteiger partial charge < -0.3 is 14.9 Å². The number of nitrogens with zero attached hydrogens (tertiary/aromatic N) is 1. The lowest BCUT2D eigenvalue weighted by atomic mass is 10.1. The lowest BCUT2D eigenvalue weighted by molar-refractivity contribution is 0.0735. The smallest absolute Gasteiger partial charge is 0.353 e. The third-order valence-corrected chi connectivity index (χ3v) is 3.58. The third-order valence-electron chi connectivity index (χ3n) is 2.73. The molecular weight excluding hydrogens is 312 g/mol. The first-order valence-corrected chi connectivity index (χ1v) is 8.01. The molecule has 0 aliphatic carbocycles. The molecular formula is C17H20N2O3S. The predicted molar refractivity (Wildman–Crippen MR) is 92.8 cm³/mol. The molecule has 6 heteroatoms. The second-order valence-electron chi connectivity index (χ2n) is 5.90. The molecule has 2 aromatic rings. The Bertz CT molecular complexity index is 688. The van der Waals surface area contributed by atoms with Crippen molar-refractivity contribution in [3.63, 3.8) is 0 Å². The van der Waals surface area contributed by atoms with E-state index in [1.165, 1.54) is 18.4 Å². The minimum absolute atomic E-state index is 0.100. The number of ether oxygens (including phenoxy) is 2. The number of hydrogen-bond donors (Lipinski definition) is 1. The van der Waals surface area contributed by atoms with E-state index in [9.17, 15) is 4.79 Å². The molecule has 0 saturated carbocycles. The van der Waals surface area contributed by atoms with Crippen LogP contribution in [0, 0.1) is 0 Å². The van der Waals surface area contributed by atoms with Crippen molar-refractivity contribution in [1.82, 2.24) is 5.43 Å². The van der Waals surface area contributed by atoms with Gasteiger partial charge in [-0.05, 0) is 56.0 Å². The van der Waals surface area contributed by atoms with Gasteiger partial charge in [-0.2, -0.15) is 5.10 Å². The summed E-state index contributed by atoms with van der Waals surface area (Å²) in [6.07, 6.45) is 1.69. The number of carbonyl (C=O) groups excluding carboxylic acids is 1. The highest BCUT2D eigenvalue weighted by Crippen LogP contribution is 2.28. The Morgan fingerprint density at radius 1 is 1.26 bits per heavy atom. The largest absolute Gasteiger partial charge is 0.493 e. The highest BCUT2D eigenvalue weighted by molar-refractivity contribution is 7.12. The maximum Gasteiger partial charge on any atom is 0.353 e. The van der Waals surface area contributed by atoms with Gasteiger partial charge in [-0.25, -0.2) is 4.79 Å². The lowest BCUT2D eigenvalue weighted by Crippen LogP contribution is -2.31. The third kappa shape index (κ3) is 5.10.